The van der Waals surface area contributed by atoms with Crippen LogP contribution in [-0.4, -0.2) is 21.4 Å². The molecule has 1 amide bonds. The molecule has 38 heavy (non-hydrogen) atoms. The predicted octanol–water partition coefficient (Wildman–Crippen LogP) is 5.11. The van der Waals surface area contributed by atoms with Gasteiger partial charge in [0.25, 0.3) is 5.91 Å². The Morgan fingerprint density at radius 1 is 0.737 bits per heavy atom. The average Bonchev–Trinajstić information content (AvgIpc) is 3.31. The van der Waals surface area contributed by atoms with Crippen molar-refractivity contribution >= 4 is 11.9 Å². The number of guanidine groups is 1. The summed E-state index contributed by atoms with van der Waals surface area (Å²) in [5.41, 5.74) is 4.61. The van der Waals surface area contributed by atoms with E-state index in [9.17, 15) is 4.79 Å². The summed E-state index contributed by atoms with van der Waals surface area (Å²) < 4.78 is 2.00. The molecule has 4 aromatic carbocycles. The molecule has 0 aliphatic carbocycles. The molecule has 0 unspecified atom stereocenters. The van der Waals surface area contributed by atoms with E-state index in [-0.39, 0.29) is 5.91 Å². The monoisotopic (exact) mass is 497 g/mol. The molecule has 0 saturated carbocycles. The van der Waals surface area contributed by atoms with Gasteiger partial charge in [0.15, 0.2) is 11.7 Å². The lowest BCUT2D eigenvalue weighted by Gasteiger charge is -2.37. The third kappa shape index (κ3) is 4.37. The van der Waals surface area contributed by atoms with E-state index in [0.29, 0.717) is 24.7 Å². The van der Waals surface area contributed by atoms with Gasteiger partial charge in [-0.2, -0.15) is 0 Å². The number of rotatable bonds is 6. The predicted molar refractivity (Wildman–Crippen MR) is 149 cm³/mol. The second-order valence-electron chi connectivity index (χ2n) is 9.25. The molecule has 6 rings (SSSR count). The fraction of sp³-hybridized carbons (Fsp3) is 0.0938. The minimum Gasteiger partial charge on any atom is -0.338 e. The molecule has 1 aromatic heterocycles. The van der Waals surface area contributed by atoms with Crippen molar-refractivity contribution in [1.82, 2.24) is 20.2 Å². The van der Waals surface area contributed by atoms with Gasteiger partial charge in [-0.15, -0.1) is 0 Å². The van der Waals surface area contributed by atoms with Crippen molar-refractivity contribution < 1.29 is 4.79 Å². The number of nitrogens with one attached hydrogen (secondary N) is 2. The van der Waals surface area contributed by atoms with Gasteiger partial charge in [-0.3, -0.25) is 10.1 Å². The van der Waals surface area contributed by atoms with Crippen molar-refractivity contribution in [1.29, 1.82) is 0 Å². The number of carbonyl (C=O) groups is 1. The number of aromatic nitrogens is 2. The van der Waals surface area contributed by atoms with Crippen LogP contribution in [-0.2, 0) is 18.6 Å². The fourth-order valence-corrected chi connectivity index (χ4v) is 5.07. The van der Waals surface area contributed by atoms with E-state index in [4.69, 9.17) is 4.99 Å². The lowest BCUT2D eigenvalue weighted by Crippen LogP contribution is -2.53. The molecule has 1 aliphatic heterocycles. The first-order valence-electron chi connectivity index (χ1n) is 12.6. The maximum atomic E-state index is 13.4. The summed E-state index contributed by atoms with van der Waals surface area (Å²) in [6.07, 6.45) is 1.72. The van der Waals surface area contributed by atoms with Gasteiger partial charge in [-0.25, -0.2) is 9.98 Å². The van der Waals surface area contributed by atoms with Gasteiger partial charge >= 0.3 is 0 Å². The lowest BCUT2D eigenvalue weighted by molar-refractivity contribution is 0.0971. The zero-order valence-corrected chi connectivity index (χ0v) is 20.8. The van der Waals surface area contributed by atoms with Gasteiger partial charge in [0, 0.05) is 6.54 Å². The van der Waals surface area contributed by atoms with E-state index in [2.05, 4.69) is 64.1 Å². The minimum atomic E-state index is -0.794. The summed E-state index contributed by atoms with van der Waals surface area (Å²) in [5.74, 6) is 0.120. The van der Waals surface area contributed by atoms with E-state index < -0.39 is 5.54 Å². The van der Waals surface area contributed by atoms with Crippen LogP contribution in [0.15, 0.2) is 133 Å². The van der Waals surface area contributed by atoms with Crippen LogP contribution in [0, 0.1) is 0 Å². The number of hydrogen-bond acceptors (Lipinski definition) is 4. The van der Waals surface area contributed by atoms with Crippen molar-refractivity contribution in [3.8, 4) is 0 Å². The first-order valence-corrected chi connectivity index (χ1v) is 12.6. The number of fused-ring (bicyclic) bond motifs is 1. The number of benzene rings is 4. The van der Waals surface area contributed by atoms with Gasteiger partial charge in [-0.05, 0) is 22.3 Å². The summed E-state index contributed by atoms with van der Waals surface area (Å²) >= 11 is 0. The molecule has 6 heteroatoms. The van der Waals surface area contributed by atoms with Gasteiger partial charge in [0.05, 0.1) is 18.6 Å². The van der Waals surface area contributed by atoms with E-state index >= 15 is 0 Å². The van der Waals surface area contributed by atoms with E-state index in [1.54, 1.807) is 6.33 Å². The first-order chi connectivity index (χ1) is 18.7. The normalized spacial score (nSPS) is 13.2. The number of hydrogen-bond donors (Lipinski definition) is 2. The smallest absolute Gasteiger partial charge is 0.278 e. The molecule has 5 aromatic rings. The minimum absolute atomic E-state index is 0.279. The van der Waals surface area contributed by atoms with Gasteiger partial charge in [-0.1, -0.05) is 121 Å². The van der Waals surface area contributed by atoms with Crippen molar-refractivity contribution in [3.05, 3.63) is 161 Å². The Bertz CT molecular complexity index is 1470. The molecule has 0 radical (unpaired) electrons. The highest BCUT2D eigenvalue weighted by atomic mass is 16.2. The van der Waals surface area contributed by atoms with E-state index in [1.165, 1.54) is 0 Å². The van der Waals surface area contributed by atoms with E-state index in [1.807, 2.05) is 77.4 Å². The second kappa shape index (κ2) is 10.2. The molecule has 0 atom stereocenters. The Balaban J connectivity index is 1.43. The molecule has 2 heterocycles. The molecule has 0 saturated heterocycles. The Morgan fingerprint density at radius 2 is 1.24 bits per heavy atom. The molecule has 2 N–H and O–H groups in total. The van der Waals surface area contributed by atoms with Crippen molar-refractivity contribution in [3.63, 3.8) is 0 Å². The SMILES string of the molecule is O=C1NC(NC(c2ccccc2)(c2ccccc2)c2ccccc2)=NCc2c1ncn2Cc1ccccc1. The summed E-state index contributed by atoms with van der Waals surface area (Å²) in [6.45, 7) is 0.939. The largest absolute Gasteiger partial charge is 0.338 e. The van der Waals surface area contributed by atoms with Gasteiger partial charge in [0.1, 0.15) is 5.54 Å². The third-order valence-corrected chi connectivity index (χ3v) is 6.90. The Morgan fingerprint density at radius 3 is 1.76 bits per heavy atom. The van der Waals surface area contributed by atoms with Crippen LogP contribution in [0.1, 0.15) is 38.4 Å². The fourth-order valence-electron chi connectivity index (χ4n) is 5.07. The van der Waals surface area contributed by atoms with Crippen LogP contribution in [0.25, 0.3) is 0 Å². The molecular weight excluding hydrogens is 470 g/mol. The molecule has 6 nitrogen and oxygen atoms in total. The Hall–Kier alpha value is -4.97. The Kier molecular flexibility index (Phi) is 6.28. The maximum Gasteiger partial charge on any atom is 0.278 e. The zero-order chi connectivity index (χ0) is 25.8. The number of imidazole rings is 1. The number of amides is 1. The summed E-state index contributed by atoms with van der Waals surface area (Å²) in [4.78, 5) is 22.7. The van der Waals surface area contributed by atoms with Gasteiger partial charge in [0.2, 0.25) is 0 Å². The highest BCUT2D eigenvalue weighted by Crippen LogP contribution is 2.36. The van der Waals surface area contributed by atoms with Crippen LogP contribution in [0.3, 0.4) is 0 Å². The highest BCUT2D eigenvalue weighted by molar-refractivity contribution is 6.06. The van der Waals surface area contributed by atoms with Crippen LogP contribution < -0.4 is 10.6 Å². The van der Waals surface area contributed by atoms with Crippen LogP contribution in [0.4, 0.5) is 0 Å². The summed E-state index contributed by atoms with van der Waals surface area (Å²) in [7, 11) is 0. The molecule has 186 valence electrons. The number of nitrogens with zero attached hydrogens (tertiary/aromatic N) is 3. The zero-order valence-electron chi connectivity index (χ0n) is 20.8. The Labute approximate surface area is 221 Å². The average molecular weight is 498 g/mol. The molecule has 0 fully saturated rings. The molecule has 1 aliphatic rings. The number of aliphatic imine (C=N–C) groups is 1. The molecular formula is C32H27N5O. The topological polar surface area (TPSA) is 71.3 Å². The third-order valence-electron chi connectivity index (χ3n) is 6.90. The van der Waals surface area contributed by atoms with Crippen LogP contribution in [0.2, 0.25) is 0 Å². The quantitative estimate of drug-likeness (QED) is 0.320. The van der Waals surface area contributed by atoms with Crippen LogP contribution >= 0.6 is 0 Å². The lowest BCUT2D eigenvalue weighted by atomic mass is 9.77. The van der Waals surface area contributed by atoms with Crippen molar-refractivity contribution in [2.45, 2.75) is 18.6 Å². The standard InChI is InChI=1S/C32H27N5O/c38-30-29-28(37(23-34-29)22-24-13-5-1-6-14-24)21-33-31(35-30)36-32(25-15-7-2-8-16-25,26-17-9-3-10-18-26)27-19-11-4-12-20-27/h1-20,23H,21-22H2,(H2,33,35,36,38). The van der Waals surface area contributed by atoms with Crippen LogP contribution in [0.5, 0.6) is 0 Å². The molecule has 0 spiro atoms. The van der Waals surface area contributed by atoms with Crippen molar-refractivity contribution in [2.24, 2.45) is 4.99 Å². The van der Waals surface area contributed by atoms with Gasteiger partial charge < -0.3 is 9.88 Å². The number of carbonyl (C=O) groups excluding carboxylic acids is 1. The second-order valence-corrected chi connectivity index (χ2v) is 9.25. The maximum absolute atomic E-state index is 13.4. The first kappa shape index (κ1) is 23.4. The highest BCUT2D eigenvalue weighted by Gasteiger charge is 2.38. The summed E-state index contributed by atoms with van der Waals surface area (Å²) in [5, 5.41) is 6.66. The van der Waals surface area contributed by atoms with E-state index in [0.717, 1.165) is 27.9 Å². The summed E-state index contributed by atoms with van der Waals surface area (Å²) in [6, 6.07) is 40.9. The van der Waals surface area contributed by atoms with Crippen molar-refractivity contribution in [2.75, 3.05) is 0 Å². The molecule has 0 bridgehead atoms.